The van der Waals surface area contributed by atoms with E-state index in [9.17, 15) is 4.79 Å². The molecule has 0 unspecified atom stereocenters. The summed E-state index contributed by atoms with van der Waals surface area (Å²) in [5, 5.41) is 0. The fourth-order valence-corrected chi connectivity index (χ4v) is 7.11. The van der Waals surface area contributed by atoms with E-state index in [2.05, 4.69) is 20.8 Å². The van der Waals surface area contributed by atoms with Crippen LogP contribution in [-0.4, -0.2) is 24.4 Å². The van der Waals surface area contributed by atoms with Crippen molar-refractivity contribution in [1.29, 1.82) is 0 Å². The number of carbonyl (C=O) groups excluding carboxylic acids is 1. The van der Waals surface area contributed by atoms with Gasteiger partial charge < -0.3 is 0 Å². The highest BCUT2D eigenvalue weighted by Gasteiger charge is 2.20. The Kier molecular flexibility index (Phi) is 10.2. The second kappa shape index (κ2) is 11.6. The molecule has 0 heterocycles. The third kappa shape index (κ3) is 7.97. The predicted molar refractivity (Wildman–Crippen MR) is 104 cm³/mol. The quantitative estimate of drug-likeness (QED) is 0.433. The van der Waals surface area contributed by atoms with Crippen LogP contribution in [0.5, 0.6) is 0 Å². The van der Waals surface area contributed by atoms with Gasteiger partial charge in [-0.25, -0.2) is 4.74 Å². The van der Waals surface area contributed by atoms with Gasteiger partial charge in [0.05, 0.1) is 6.42 Å². The maximum atomic E-state index is 12.6. The van der Waals surface area contributed by atoms with Crippen LogP contribution in [0.1, 0.15) is 64.9 Å². The van der Waals surface area contributed by atoms with Gasteiger partial charge in [0.15, 0.2) is 0 Å². The zero-order valence-corrected chi connectivity index (χ0v) is 16.2. The first-order chi connectivity index (χ1) is 11.2. The first-order valence-corrected chi connectivity index (χ1v) is 11.6. The molecule has 0 aliphatic rings. The molecule has 130 valence electrons. The molecule has 0 N–H and O–H groups in total. The van der Waals surface area contributed by atoms with Crippen molar-refractivity contribution in [2.45, 2.75) is 65.7 Å². The summed E-state index contributed by atoms with van der Waals surface area (Å²) in [5.41, 5.74) is 1.08. The molecule has 0 saturated heterocycles. The van der Waals surface area contributed by atoms with Crippen LogP contribution in [0, 0.1) is 0 Å². The van der Waals surface area contributed by atoms with Gasteiger partial charge >= 0.3 is 0 Å². The van der Waals surface area contributed by atoms with E-state index < -0.39 is 7.05 Å². The molecule has 0 bridgehead atoms. The van der Waals surface area contributed by atoms with Crippen LogP contribution in [0.4, 0.5) is 0 Å². The zero-order chi connectivity index (χ0) is 17.0. The number of carbonyl (C=O) groups is 1. The molecule has 0 aliphatic heterocycles. The summed E-state index contributed by atoms with van der Waals surface area (Å²) >= 11 is 0. The number of nitrogens with zero attached hydrogens (tertiary/aromatic N) is 1. The third-order valence-corrected chi connectivity index (χ3v) is 8.40. The summed E-state index contributed by atoms with van der Waals surface area (Å²) < 4.78 is 4.89. The van der Waals surface area contributed by atoms with Crippen molar-refractivity contribution in [3.63, 3.8) is 0 Å². The zero-order valence-electron chi connectivity index (χ0n) is 15.3. The van der Waals surface area contributed by atoms with Gasteiger partial charge in [0.2, 0.25) is 5.91 Å². The SMILES string of the molecule is CCCCP(CCCC)(CCCC)=NC(=O)Cc1ccccc1. The van der Waals surface area contributed by atoms with Crippen molar-refractivity contribution >= 4 is 13.0 Å². The Hall–Kier alpha value is -0.880. The Balaban J connectivity index is 2.94. The lowest BCUT2D eigenvalue weighted by atomic mass is 10.1. The van der Waals surface area contributed by atoms with Crippen LogP contribution in [0.15, 0.2) is 35.1 Å². The van der Waals surface area contributed by atoms with Gasteiger partial charge in [-0.15, -0.1) is 0 Å². The normalized spacial score (nSPS) is 11.4. The van der Waals surface area contributed by atoms with Crippen molar-refractivity contribution in [3.05, 3.63) is 35.9 Å². The van der Waals surface area contributed by atoms with E-state index in [1.54, 1.807) is 0 Å². The summed E-state index contributed by atoms with van der Waals surface area (Å²) in [7, 11) is -1.46. The molecule has 1 aromatic rings. The van der Waals surface area contributed by atoms with Crippen LogP contribution < -0.4 is 0 Å². The Morgan fingerprint density at radius 3 is 1.78 bits per heavy atom. The topological polar surface area (TPSA) is 29.4 Å². The van der Waals surface area contributed by atoms with Crippen LogP contribution in [0.2, 0.25) is 0 Å². The van der Waals surface area contributed by atoms with E-state index in [0.29, 0.717) is 6.42 Å². The first kappa shape index (κ1) is 20.2. The van der Waals surface area contributed by atoms with Crippen molar-refractivity contribution < 1.29 is 4.79 Å². The standard InChI is InChI=1S/C20H34NOP/c1-4-7-15-23(16-8-5-2,17-9-6-3)21-20(22)18-19-13-11-10-12-14-19/h10-14H,4-9,15-18H2,1-3H3. The van der Waals surface area contributed by atoms with Gasteiger partial charge in [0.1, 0.15) is 0 Å². The Morgan fingerprint density at radius 1 is 0.870 bits per heavy atom. The molecule has 0 spiro atoms. The number of unbranched alkanes of at least 4 members (excludes halogenated alkanes) is 3. The first-order valence-electron chi connectivity index (χ1n) is 9.32. The van der Waals surface area contributed by atoms with Crippen molar-refractivity contribution in [2.24, 2.45) is 4.74 Å². The lowest BCUT2D eigenvalue weighted by molar-refractivity contribution is -0.117. The summed E-state index contributed by atoms with van der Waals surface area (Å²) in [4.78, 5) is 12.6. The average Bonchev–Trinajstić information content (AvgIpc) is 2.57. The van der Waals surface area contributed by atoms with Crippen LogP contribution >= 0.6 is 7.05 Å². The van der Waals surface area contributed by atoms with Crippen LogP contribution in [0.25, 0.3) is 0 Å². The summed E-state index contributed by atoms with van der Waals surface area (Å²) in [5.74, 6) is 0.104. The van der Waals surface area contributed by atoms with Gasteiger partial charge in [0, 0.05) is 0 Å². The fourth-order valence-electron chi connectivity index (χ4n) is 2.89. The number of amides is 1. The molecular formula is C20H34NOP. The average molecular weight is 335 g/mol. The number of rotatable bonds is 11. The number of hydrogen-bond donors (Lipinski definition) is 0. The van der Waals surface area contributed by atoms with E-state index in [4.69, 9.17) is 4.74 Å². The fraction of sp³-hybridized carbons (Fsp3) is 0.650. The largest absolute Gasteiger partial charge is 0.272 e. The Morgan fingerprint density at radius 2 is 1.35 bits per heavy atom. The van der Waals surface area contributed by atoms with Gasteiger partial charge in [-0.3, -0.25) is 4.79 Å². The van der Waals surface area contributed by atoms with E-state index in [1.165, 1.54) is 57.0 Å². The van der Waals surface area contributed by atoms with Gasteiger partial charge in [0.25, 0.3) is 0 Å². The molecule has 2 nitrogen and oxygen atoms in total. The predicted octanol–water partition coefficient (Wildman–Crippen LogP) is 6.36. The summed E-state index contributed by atoms with van der Waals surface area (Å²) in [6.07, 6.45) is 11.2. The molecule has 0 aliphatic carbocycles. The molecule has 1 aromatic carbocycles. The van der Waals surface area contributed by atoms with E-state index >= 15 is 0 Å². The lowest BCUT2D eigenvalue weighted by Crippen LogP contribution is -2.06. The Labute approximate surface area is 143 Å². The smallest absolute Gasteiger partial charge is 0.248 e. The van der Waals surface area contributed by atoms with E-state index in [1.807, 2.05) is 30.3 Å². The van der Waals surface area contributed by atoms with Crippen molar-refractivity contribution in [3.8, 4) is 0 Å². The lowest BCUT2D eigenvalue weighted by Gasteiger charge is -2.24. The highest BCUT2D eigenvalue weighted by Crippen LogP contribution is 2.52. The molecule has 0 atom stereocenters. The second-order valence-corrected chi connectivity index (χ2v) is 10.2. The van der Waals surface area contributed by atoms with Gasteiger partial charge in [-0.1, -0.05) is 70.4 Å². The highest BCUT2D eigenvalue weighted by atomic mass is 31.2. The summed E-state index contributed by atoms with van der Waals surface area (Å²) in [6.45, 7) is 6.71. The molecule has 0 aromatic heterocycles. The molecule has 1 rings (SSSR count). The van der Waals surface area contributed by atoms with Crippen LogP contribution in [0.3, 0.4) is 0 Å². The third-order valence-electron chi connectivity index (χ3n) is 4.31. The molecule has 23 heavy (non-hydrogen) atoms. The summed E-state index contributed by atoms with van der Waals surface area (Å²) in [6, 6.07) is 10.0. The molecular weight excluding hydrogens is 301 g/mol. The van der Waals surface area contributed by atoms with Gasteiger partial charge in [-0.2, -0.15) is 0 Å². The van der Waals surface area contributed by atoms with Crippen molar-refractivity contribution in [1.82, 2.24) is 0 Å². The van der Waals surface area contributed by atoms with Crippen molar-refractivity contribution in [2.75, 3.05) is 18.5 Å². The molecule has 0 fully saturated rings. The monoisotopic (exact) mass is 335 g/mol. The second-order valence-electron chi connectivity index (χ2n) is 6.48. The minimum Gasteiger partial charge on any atom is -0.272 e. The molecule has 0 radical (unpaired) electrons. The number of hydrogen-bond acceptors (Lipinski definition) is 1. The maximum Gasteiger partial charge on any atom is 0.248 e. The maximum absolute atomic E-state index is 12.6. The highest BCUT2D eigenvalue weighted by molar-refractivity contribution is 7.66. The van der Waals surface area contributed by atoms with E-state index in [-0.39, 0.29) is 5.91 Å². The van der Waals surface area contributed by atoms with E-state index in [0.717, 1.165) is 5.56 Å². The Bertz CT molecular complexity index is 467. The van der Waals surface area contributed by atoms with Gasteiger partial charge in [-0.05, 0) is 50.4 Å². The van der Waals surface area contributed by atoms with Crippen LogP contribution in [-0.2, 0) is 11.2 Å². The minimum absolute atomic E-state index is 0.104. The minimum atomic E-state index is -1.46. The molecule has 3 heteroatoms. The molecule has 1 amide bonds. The molecule has 0 saturated carbocycles. The number of benzene rings is 1.